The van der Waals surface area contributed by atoms with E-state index in [0.717, 1.165) is 10.6 Å². The molecule has 3 rings (SSSR count). The van der Waals surface area contributed by atoms with Gasteiger partial charge < -0.3 is 9.47 Å². The van der Waals surface area contributed by atoms with Crippen LogP contribution in [0.5, 0.6) is 0 Å². The molecule has 1 aromatic heterocycles. The van der Waals surface area contributed by atoms with E-state index in [4.69, 9.17) is 15.2 Å². The number of amides is 1. The molecule has 3 heterocycles. The molecule has 1 fully saturated rings. The Morgan fingerprint density at radius 2 is 2.22 bits per heavy atom. The van der Waals surface area contributed by atoms with Crippen molar-refractivity contribution in [2.75, 3.05) is 18.6 Å². The minimum atomic E-state index is -1.41. The number of carbonyl (C=O) groups is 2. The summed E-state index contributed by atoms with van der Waals surface area (Å²) >= 11 is 2.97. The lowest BCUT2D eigenvalue weighted by atomic mass is 9.99. The predicted molar refractivity (Wildman–Crippen MR) is 102 cm³/mol. The highest BCUT2D eigenvalue weighted by atomic mass is 32.2. The lowest BCUT2D eigenvalue weighted by Gasteiger charge is -2.54. The number of hydrogen-bond donors (Lipinski definition) is 1. The van der Waals surface area contributed by atoms with Gasteiger partial charge in [0.05, 0.1) is 6.20 Å². The molecule has 1 amide bonds. The summed E-state index contributed by atoms with van der Waals surface area (Å²) in [5, 5.41) is 8.15. The molecule has 0 unspecified atom stereocenters. The van der Waals surface area contributed by atoms with Crippen LogP contribution in [0.3, 0.4) is 0 Å². The lowest BCUT2D eigenvalue weighted by Crippen LogP contribution is -2.78. The Balaban J connectivity index is 1.91. The number of fused-ring (bicyclic) bond motifs is 1. The Hall–Kier alpha value is -1.56. The average molecular weight is 414 g/mol. The molecule has 0 aliphatic carbocycles. The number of β-lactam (4-membered cyclic amide) rings is 1. The van der Waals surface area contributed by atoms with E-state index in [1.54, 1.807) is 38.7 Å². The van der Waals surface area contributed by atoms with E-state index in [1.807, 2.05) is 0 Å². The number of aromatic nitrogens is 3. The van der Waals surface area contributed by atoms with Crippen LogP contribution in [0.4, 0.5) is 0 Å². The molecule has 27 heavy (non-hydrogen) atoms. The fourth-order valence-electron chi connectivity index (χ4n) is 2.80. The van der Waals surface area contributed by atoms with Crippen LogP contribution in [-0.2, 0) is 26.1 Å². The number of nitrogens with zero attached hydrogens (tertiary/aromatic N) is 4. The second kappa shape index (κ2) is 7.12. The van der Waals surface area contributed by atoms with Gasteiger partial charge >= 0.3 is 5.97 Å². The first-order valence-electron chi connectivity index (χ1n) is 8.30. The van der Waals surface area contributed by atoms with Crippen molar-refractivity contribution in [2.45, 2.75) is 42.5 Å². The topological polar surface area (TPSA) is 113 Å². The standard InChI is InChI=1S/C16H23N5O4S2/c1-15(2,3)25-12(22)11-9(7-26-10-6-18-19-20(10)4)8-27-14-16(17,24-5)13(23)21(11)14/h6,14H,7-8,17H2,1-5H3/t14-,16+/m1/s1. The summed E-state index contributed by atoms with van der Waals surface area (Å²) in [6.45, 7) is 5.36. The Labute approximate surface area is 166 Å². The van der Waals surface area contributed by atoms with Crippen molar-refractivity contribution < 1.29 is 19.1 Å². The summed E-state index contributed by atoms with van der Waals surface area (Å²) in [5.74, 6) is 0.0822. The minimum Gasteiger partial charge on any atom is -0.455 e. The third kappa shape index (κ3) is 3.60. The summed E-state index contributed by atoms with van der Waals surface area (Å²) in [6, 6.07) is 0. The number of nitrogens with two attached hydrogens (primary N) is 1. The molecule has 9 nitrogen and oxygen atoms in total. The normalized spacial score (nSPS) is 25.3. The first-order valence-corrected chi connectivity index (χ1v) is 10.3. The molecule has 1 saturated heterocycles. The van der Waals surface area contributed by atoms with E-state index < -0.39 is 28.6 Å². The van der Waals surface area contributed by atoms with Crippen LogP contribution in [0.2, 0.25) is 0 Å². The van der Waals surface area contributed by atoms with Crippen molar-refractivity contribution >= 4 is 35.4 Å². The van der Waals surface area contributed by atoms with Crippen molar-refractivity contribution in [1.29, 1.82) is 0 Å². The number of thioether (sulfide) groups is 2. The molecule has 11 heteroatoms. The van der Waals surface area contributed by atoms with Gasteiger partial charge in [-0.2, -0.15) is 0 Å². The Morgan fingerprint density at radius 1 is 1.52 bits per heavy atom. The van der Waals surface area contributed by atoms with Crippen molar-refractivity contribution in [3.63, 3.8) is 0 Å². The number of carbonyl (C=O) groups excluding carboxylic acids is 2. The van der Waals surface area contributed by atoms with E-state index in [9.17, 15) is 9.59 Å². The summed E-state index contributed by atoms with van der Waals surface area (Å²) in [5.41, 5.74) is 5.05. The molecule has 2 aliphatic rings. The SMILES string of the molecule is CO[C@@]1(N)C(=O)N2C(C(=O)OC(C)(C)C)=C(CSc3cnnn3C)CS[C@@H]21. The smallest absolute Gasteiger partial charge is 0.355 e. The monoisotopic (exact) mass is 413 g/mol. The van der Waals surface area contributed by atoms with Gasteiger partial charge in [0, 0.05) is 25.7 Å². The molecule has 148 valence electrons. The zero-order valence-electron chi connectivity index (χ0n) is 15.9. The molecule has 1 aromatic rings. The Bertz CT molecular complexity index is 803. The minimum absolute atomic E-state index is 0.263. The average Bonchev–Trinajstić information content (AvgIpc) is 3.01. The van der Waals surface area contributed by atoms with Crippen LogP contribution < -0.4 is 5.73 Å². The Morgan fingerprint density at radius 3 is 2.78 bits per heavy atom. The van der Waals surface area contributed by atoms with E-state index in [1.165, 1.54) is 35.5 Å². The second-order valence-corrected chi connectivity index (χ2v) is 9.34. The molecular weight excluding hydrogens is 390 g/mol. The van der Waals surface area contributed by atoms with Crippen LogP contribution in [0.1, 0.15) is 20.8 Å². The molecule has 2 aliphatic heterocycles. The van der Waals surface area contributed by atoms with Crippen LogP contribution in [0.15, 0.2) is 22.5 Å². The molecule has 0 bridgehead atoms. The van der Waals surface area contributed by atoms with Crippen LogP contribution >= 0.6 is 23.5 Å². The van der Waals surface area contributed by atoms with Gasteiger partial charge in [0.1, 0.15) is 21.7 Å². The maximum absolute atomic E-state index is 12.9. The maximum atomic E-state index is 12.9. The highest BCUT2D eigenvalue weighted by Crippen LogP contribution is 2.46. The molecule has 2 N–H and O–H groups in total. The van der Waals surface area contributed by atoms with Crippen LogP contribution in [0, 0.1) is 0 Å². The van der Waals surface area contributed by atoms with Gasteiger partial charge in [-0.1, -0.05) is 5.21 Å². The molecule has 0 radical (unpaired) electrons. The Kier molecular flexibility index (Phi) is 5.32. The van der Waals surface area contributed by atoms with Gasteiger partial charge in [-0.25, -0.2) is 9.48 Å². The number of hydrogen-bond acceptors (Lipinski definition) is 9. The third-order valence-corrected chi connectivity index (χ3v) is 6.69. The van der Waals surface area contributed by atoms with Crippen molar-refractivity contribution in [3.05, 3.63) is 17.5 Å². The largest absolute Gasteiger partial charge is 0.455 e. The highest BCUT2D eigenvalue weighted by Gasteiger charge is 2.63. The van der Waals surface area contributed by atoms with E-state index in [-0.39, 0.29) is 5.70 Å². The lowest BCUT2D eigenvalue weighted by molar-refractivity contribution is -0.184. The van der Waals surface area contributed by atoms with Crippen molar-refractivity contribution in [1.82, 2.24) is 19.9 Å². The molecule has 0 saturated carbocycles. The quantitative estimate of drug-likeness (QED) is 0.323. The van der Waals surface area contributed by atoms with Gasteiger partial charge in [0.25, 0.3) is 5.91 Å². The predicted octanol–water partition coefficient (Wildman–Crippen LogP) is 0.719. The third-order valence-electron chi connectivity index (χ3n) is 4.14. The second-order valence-electron chi connectivity index (χ2n) is 7.27. The van der Waals surface area contributed by atoms with Crippen LogP contribution in [0.25, 0.3) is 0 Å². The first-order chi connectivity index (χ1) is 12.6. The van der Waals surface area contributed by atoms with E-state index in [2.05, 4.69) is 10.3 Å². The van der Waals surface area contributed by atoms with E-state index in [0.29, 0.717) is 11.5 Å². The zero-order valence-corrected chi connectivity index (χ0v) is 17.5. The summed E-state index contributed by atoms with van der Waals surface area (Å²) in [6.07, 6.45) is 1.65. The molecule has 2 atom stereocenters. The fourth-order valence-corrected chi connectivity index (χ4v) is 5.23. The number of aryl methyl sites for hydroxylation is 1. The summed E-state index contributed by atoms with van der Waals surface area (Å²) < 4.78 is 12.4. The summed E-state index contributed by atoms with van der Waals surface area (Å²) in [4.78, 5) is 26.9. The number of methoxy groups -OCH3 is 1. The molecule has 0 spiro atoms. The first kappa shape index (κ1) is 20.2. The maximum Gasteiger partial charge on any atom is 0.355 e. The van der Waals surface area contributed by atoms with Gasteiger partial charge in [0.2, 0.25) is 5.72 Å². The zero-order chi connectivity index (χ0) is 20.0. The molecular formula is C16H23N5O4S2. The van der Waals surface area contributed by atoms with Gasteiger partial charge in [0.15, 0.2) is 0 Å². The van der Waals surface area contributed by atoms with Gasteiger partial charge in [-0.15, -0.1) is 28.6 Å². The van der Waals surface area contributed by atoms with Crippen molar-refractivity contribution in [3.8, 4) is 0 Å². The summed E-state index contributed by atoms with van der Waals surface area (Å²) in [7, 11) is 3.19. The number of esters is 1. The molecule has 0 aromatic carbocycles. The van der Waals surface area contributed by atoms with E-state index >= 15 is 0 Å². The van der Waals surface area contributed by atoms with Crippen molar-refractivity contribution in [2.24, 2.45) is 12.8 Å². The van der Waals surface area contributed by atoms with Crippen LogP contribution in [-0.4, -0.2) is 67.1 Å². The number of ether oxygens (including phenoxy) is 2. The highest BCUT2D eigenvalue weighted by molar-refractivity contribution is 8.01. The van der Waals surface area contributed by atoms with Gasteiger partial charge in [-0.05, 0) is 26.3 Å². The number of rotatable bonds is 5. The fraction of sp³-hybridized carbons (Fsp3) is 0.625. The van der Waals surface area contributed by atoms with Gasteiger partial charge in [-0.3, -0.25) is 15.4 Å².